The van der Waals surface area contributed by atoms with Crippen LogP contribution in [0.5, 0.6) is 0 Å². The maximum Gasteiger partial charge on any atom is 0.352 e. The van der Waals surface area contributed by atoms with Crippen molar-refractivity contribution in [3.8, 4) is 11.4 Å². The molecular weight excluding hydrogens is 266 g/mol. The monoisotopic (exact) mass is 279 g/mol. The summed E-state index contributed by atoms with van der Waals surface area (Å²) in [7, 11) is 1.61. The van der Waals surface area contributed by atoms with E-state index in [0.717, 1.165) is 5.56 Å². The van der Waals surface area contributed by atoms with Gasteiger partial charge in [-0.05, 0) is 19.1 Å². The average molecular weight is 280 g/mol. The zero-order valence-corrected chi connectivity index (χ0v) is 11.4. The first-order valence-electron chi connectivity index (χ1n) is 5.76. The molecule has 2 aromatic rings. The Morgan fingerprint density at radius 1 is 1.42 bits per heavy atom. The number of nitrogens with zero attached hydrogens (tertiary/aromatic N) is 4. The zero-order valence-electron chi connectivity index (χ0n) is 10.7. The van der Waals surface area contributed by atoms with Gasteiger partial charge in [-0.1, -0.05) is 23.7 Å². The molecule has 100 valence electrons. The number of hydrogen-bond acceptors (Lipinski definition) is 5. The number of benzene rings is 1. The predicted octanol–water partition coefficient (Wildman–Crippen LogP) is 1.20. The first kappa shape index (κ1) is 13.5. The van der Waals surface area contributed by atoms with Crippen molar-refractivity contribution in [3.63, 3.8) is 0 Å². The molecular formula is C12H14ClN5O. The second-order valence-corrected chi connectivity index (χ2v) is 4.42. The molecule has 0 aliphatic rings. The predicted molar refractivity (Wildman–Crippen MR) is 74.9 cm³/mol. The van der Waals surface area contributed by atoms with Crippen LogP contribution in [0.15, 0.2) is 29.1 Å². The number of aromatic nitrogens is 3. The van der Waals surface area contributed by atoms with Gasteiger partial charge in [0, 0.05) is 24.2 Å². The van der Waals surface area contributed by atoms with Crippen LogP contribution < -0.4 is 16.5 Å². The molecule has 0 fully saturated rings. The van der Waals surface area contributed by atoms with Crippen molar-refractivity contribution in [3.05, 3.63) is 39.8 Å². The molecule has 0 saturated carbocycles. The number of anilines is 1. The molecule has 7 heteroatoms. The fourth-order valence-corrected chi connectivity index (χ4v) is 1.79. The first-order valence-corrected chi connectivity index (χ1v) is 6.14. The highest BCUT2D eigenvalue weighted by atomic mass is 35.5. The Hall–Kier alpha value is -1.92. The molecule has 0 atom stereocenters. The normalized spacial score (nSPS) is 10.5. The number of nitrogens with two attached hydrogens (primary N) is 1. The van der Waals surface area contributed by atoms with Gasteiger partial charge in [0.2, 0.25) is 5.95 Å². The molecule has 2 N–H and O–H groups in total. The molecule has 0 amide bonds. The zero-order chi connectivity index (χ0) is 14.0. The Morgan fingerprint density at radius 2 is 2.16 bits per heavy atom. The Kier molecular flexibility index (Phi) is 3.82. The van der Waals surface area contributed by atoms with Crippen LogP contribution in [0, 0.1) is 0 Å². The van der Waals surface area contributed by atoms with E-state index in [1.54, 1.807) is 25.2 Å². The number of rotatable bonds is 3. The summed E-state index contributed by atoms with van der Waals surface area (Å²) >= 11 is 5.95. The van der Waals surface area contributed by atoms with Crippen molar-refractivity contribution < 1.29 is 0 Å². The van der Waals surface area contributed by atoms with Crippen LogP contribution in [0.3, 0.4) is 0 Å². The van der Waals surface area contributed by atoms with Crippen molar-refractivity contribution in [2.24, 2.45) is 12.9 Å². The van der Waals surface area contributed by atoms with Crippen LogP contribution in [0.1, 0.15) is 6.92 Å². The summed E-state index contributed by atoms with van der Waals surface area (Å²) in [5.74, 6) is 6.39. The van der Waals surface area contributed by atoms with E-state index >= 15 is 0 Å². The molecule has 0 unspecified atom stereocenters. The van der Waals surface area contributed by atoms with Gasteiger partial charge >= 0.3 is 5.69 Å². The van der Waals surface area contributed by atoms with Gasteiger partial charge in [-0.2, -0.15) is 9.97 Å². The number of halogens is 1. The highest BCUT2D eigenvalue weighted by Gasteiger charge is 2.12. The first-order chi connectivity index (χ1) is 9.02. The van der Waals surface area contributed by atoms with Gasteiger partial charge in [0.15, 0.2) is 0 Å². The van der Waals surface area contributed by atoms with Crippen molar-refractivity contribution in [2.45, 2.75) is 6.92 Å². The van der Waals surface area contributed by atoms with Crippen LogP contribution in [0.25, 0.3) is 11.4 Å². The third-order valence-electron chi connectivity index (χ3n) is 2.69. The van der Waals surface area contributed by atoms with Gasteiger partial charge in [-0.15, -0.1) is 0 Å². The van der Waals surface area contributed by atoms with Crippen LogP contribution in [-0.4, -0.2) is 21.1 Å². The Balaban J connectivity index is 2.62. The summed E-state index contributed by atoms with van der Waals surface area (Å²) in [5, 5.41) is 1.89. The van der Waals surface area contributed by atoms with Gasteiger partial charge in [-0.3, -0.25) is 9.58 Å². The van der Waals surface area contributed by atoms with Gasteiger partial charge in [0.1, 0.15) is 5.82 Å². The Morgan fingerprint density at radius 3 is 2.79 bits per heavy atom. The molecule has 0 aliphatic carbocycles. The molecule has 0 bridgehead atoms. The highest BCUT2D eigenvalue weighted by molar-refractivity contribution is 6.30. The van der Waals surface area contributed by atoms with Gasteiger partial charge < -0.3 is 0 Å². The van der Waals surface area contributed by atoms with E-state index in [1.807, 2.05) is 13.0 Å². The third-order valence-corrected chi connectivity index (χ3v) is 2.92. The molecule has 1 aromatic carbocycles. The van der Waals surface area contributed by atoms with E-state index in [-0.39, 0.29) is 5.95 Å². The maximum absolute atomic E-state index is 11.8. The molecule has 19 heavy (non-hydrogen) atoms. The van der Waals surface area contributed by atoms with Crippen LogP contribution in [-0.2, 0) is 7.05 Å². The topological polar surface area (TPSA) is 77.0 Å². The van der Waals surface area contributed by atoms with E-state index in [2.05, 4.69) is 9.97 Å². The number of hydrogen-bond donors (Lipinski definition) is 1. The molecule has 2 rings (SSSR count). The second-order valence-electron chi connectivity index (χ2n) is 3.99. The Bertz CT molecular complexity index is 655. The second kappa shape index (κ2) is 5.38. The smallest absolute Gasteiger partial charge is 0.279 e. The minimum absolute atomic E-state index is 0.195. The van der Waals surface area contributed by atoms with Crippen LogP contribution >= 0.6 is 11.6 Å². The lowest BCUT2D eigenvalue weighted by Crippen LogP contribution is -2.36. The Labute approximate surface area is 115 Å². The fourth-order valence-electron chi connectivity index (χ4n) is 1.60. The van der Waals surface area contributed by atoms with Gasteiger partial charge in [0.25, 0.3) is 0 Å². The molecule has 6 nitrogen and oxygen atoms in total. The summed E-state index contributed by atoms with van der Waals surface area (Å²) in [5.41, 5.74) is 0.323. The van der Waals surface area contributed by atoms with Crippen molar-refractivity contribution in [1.82, 2.24) is 14.5 Å². The summed E-state index contributed by atoms with van der Waals surface area (Å²) < 4.78 is 1.36. The molecule has 0 radical (unpaired) electrons. The summed E-state index contributed by atoms with van der Waals surface area (Å²) in [6.07, 6.45) is 0. The van der Waals surface area contributed by atoms with Crippen molar-refractivity contribution >= 4 is 17.5 Å². The fraction of sp³-hybridized carbons (Fsp3) is 0.250. The van der Waals surface area contributed by atoms with Crippen molar-refractivity contribution in [1.29, 1.82) is 0 Å². The largest absolute Gasteiger partial charge is 0.352 e. The maximum atomic E-state index is 11.8. The molecule has 0 aliphatic heterocycles. The van der Waals surface area contributed by atoms with E-state index < -0.39 is 5.69 Å². The highest BCUT2D eigenvalue weighted by Crippen LogP contribution is 2.20. The third kappa shape index (κ3) is 2.74. The molecule has 0 spiro atoms. The molecule has 0 saturated heterocycles. The summed E-state index contributed by atoms with van der Waals surface area (Å²) in [6, 6.07) is 7.11. The number of hydrazine groups is 1. The summed E-state index contributed by atoms with van der Waals surface area (Å²) in [4.78, 5) is 20.0. The van der Waals surface area contributed by atoms with E-state index in [1.165, 1.54) is 9.58 Å². The van der Waals surface area contributed by atoms with Crippen molar-refractivity contribution in [2.75, 3.05) is 11.6 Å². The minimum Gasteiger partial charge on any atom is -0.279 e. The molecule has 1 aromatic heterocycles. The lowest BCUT2D eigenvalue weighted by molar-refractivity contribution is 0.747. The van der Waals surface area contributed by atoms with Gasteiger partial charge in [0.05, 0.1) is 0 Å². The van der Waals surface area contributed by atoms with E-state index in [9.17, 15) is 4.79 Å². The van der Waals surface area contributed by atoms with Gasteiger partial charge in [-0.25, -0.2) is 10.6 Å². The molecule has 1 heterocycles. The average Bonchev–Trinajstić information content (AvgIpc) is 2.40. The van der Waals surface area contributed by atoms with E-state index in [4.69, 9.17) is 17.4 Å². The minimum atomic E-state index is -0.413. The SMILES string of the molecule is CCN(N)c1nc(-c2cccc(Cl)c2)n(C)c(=O)n1. The van der Waals surface area contributed by atoms with Crippen LogP contribution in [0.2, 0.25) is 5.02 Å². The lowest BCUT2D eigenvalue weighted by atomic mass is 10.2. The van der Waals surface area contributed by atoms with Crippen LogP contribution in [0.4, 0.5) is 5.95 Å². The lowest BCUT2D eigenvalue weighted by Gasteiger charge is -2.15. The van der Waals surface area contributed by atoms with E-state index in [0.29, 0.717) is 17.4 Å². The quantitative estimate of drug-likeness (QED) is 0.675. The standard InChI is InChI=1S/C12H14ClN5O/c1-3-18(14)11-15-10(17(2)12(19)16-11)8-5-4-6-9(13)7-8/h4-7H,3,14H2,1-2H3. The summed E-state index contributed by atoms with van der Waals surface area (Å²) in [6.45, 7) is 2.35.